The first-order valence-corrected chi connectivity index (χ1v) is 25.9. The highest BCUT2D eigenvalue weighted by molar-refractivity contribution is 6.23. The summed E-state index contributed by atoms with van der Waals surface area (Å²) < 4.78 is 0. The van der Waals surface area contributed by atoms with Crippen LogP contribution in [0.1, 0.15) is 99.9 Å². The van der Waals surface area contributed by atoms with Gasteiger partial charge in [0, 0.05) is 55.8 Å². The van der Waals surface area contributed by atoms with Gasteiger partial charge in [-0.1, -0.05) is 189 Å². The van der Waals surface area contributed by atoms with E-state index in [-0.39, 0.29) is 21.7 Å². The predicted molar refractivity (Wildman–Crippen MR) is 304 cm³/mol. The van der Waals surface area contributed by atoms with E-state index >= 15 is 0 Å². The molecule has 0 N–H and O–H groups in total. The van der Waals surface area contributed by atoms with Crippen molar-refractivity contribution in [2.45, 2.75) is 77.0 Å². The van der Waals surface area contributed by atoms with Crippen LogP contribution in [0.2, 0.25) is 0 Å². The first kappa shape index (κ1) is 42.9. The summed E-state index contributed by atoms with van der Waals surface area (Å²) in [6, 6.07) is 77.0. The largest absolute Gasteiger partial charge is 0.310 e. The number of para-hydroxylation sites is 4. The van der Waals surface area contributed by atoms with Crippen molar-refractivity contribution in [1.82, 2.24) is 0 Å². The maximum atomic E-state index is 2.52. The molecular weight excluding hydrogens is 869 g/mol. The minimum absolute atomic E-state index is 0.312. The fourth-order valence-corrected chi connectivity index (χ4v) is 14.4. The molecular formula is C70H58N2. The monoisotopic (exact) mass is 926 g/mol. The second kappa shape index (κ2) is 14.8. The van der Waals surface area contributed by atoms with Gasteiger partial charge in [0.2, 0.25) is 0 Å². The van der Waals surface area contributed by atoms with E-state index in [9.17, 15) is 0 Å². The molecule has 0 saturated heterocycles. The minimum Gasteiger partial charge on any atom is -0.310 e. The van der Waals surface area contributed by atoms with Gasteiger partial charge in [-0.05, 0) is 173 Å². The summed E-state index contributed by atoms with van der Waals surface area (Å²) in [6.45, 7) is 20.1. The van der Waals surface area contributed by atoms with Gasteiger partial charge in [-0.2, -0.15) is 0 Å². The highest BCUT2D eigenvalue weighted by Crippen LogP contribution is 2.69. The van der Waals surface area contributed by atoms with Crippen LogP contribution in [0.3, 0.4) is 0 Å². The standard InChI is InChI=1S/C70H58N2/c1-67(2)53-35-23-21-33-49(53)57-60-52-40-38-48(72(45-29-17-11-18-30-45)46-31-19-12-20-32-46)42-56(52)70(7,8)64(60)66-62-58(50-34-22-24-36-54(50)68(66,3)4)59-51-39-37-47(41-55(51)69(5,6)63(59)65(67)61(57)62)71(43-25-13-9-14-26-43)44-27-15-10-16-28-44/h9-42H,1-8H3. The summed E-state index contributed by atoms with van der Waals surface area (Å²) in [5.41, 5.74) is 28.1. The molecule has 14 rings (SSSR count). The number of hydrogen-bond donors (Lipinski definition) is 0. The van der Waals surface area contributed by atoms with Crippen LogP contribution in [0, 0.1) is 0 Å². The Morgan fingerprint density at radius 1 is 0.236 bits per heavy atom. The zero-order valence-corrected chi connectivity index (χ0v) is 42.5. The van der Waals surface area contributed by atoms with Crippen LogP contribution in [0.5, 0.6) is 0 Å². The molecule has 0 heterocycles. The molecule has 10 aromatic rings. The van der Waals surface area contributed by atoms with Gasteiger partial charge in [0.25, 0.3) is 0 Å². The highest BCUT2D eigenvalue weighted by Gasteiger charge is 2.53. The molecule has 0 aromatic heterocycles. The first-order valence-electron chi connectivity index (χ1n) is 25.9. The fraction of sp³-hybridized carbons (Fsp3) is 0.171. The molecule has 0 unspecified atom stereocenters. The summed E-state index contributed by atoms with van der Waals surface area (Å²) in [6.07, 6.45) is 0. The predicted octanol–water partition coefficient (Wildman–Crippen LogP) is 19.0. The maximum Gasteiger partial charge on any atom is 0.0465 e. The first-order chi connectivity index (χ1) is 34.8. The van der Waals surface area contributed by atoms with E-state index in [4.69, 9.17) is 0 Å². The summed E-state index contributed by atoms with van der Waals surface area (Å²) in [4.78, 5) is 4.85. The van der Waals surface area contributed by atoms with Crippen LogP contribution in [0.25, 0.3) is 55.3 Å². The third-order valence-electron chi connectivity index (χ3n) is 17.5. The van der Waals surface area contributed by atoms with Crippen molar-refractivity contribution in [3.63, 3.8) is 0 Å². The van der Waals surface area contributed by atoms with E-state index in [0.29, 0.717) is 0 Å². The average Bonchev–Trinajstić information content (AvgIpc) is 3.80. The van der Waals surface area contributed by atoms with Gasteiger partial charge in [0.05, 0.1) is 0 Å². The lowest BCUT2D eigenvalue weighted by molar-refractivity contribution is 0.585. The zero-order valence-electron chi connectivity index (χ0n) is 42.5. The van der Waals surface area contributed by atoms with E-state index in [1.165, 1.54) is 111 Å². The SMILES string of the molecule is CC1(C)c2cc(N(c3ccccc3)c3ccccc3)ccc2-c2c1c1c3c(c4c(c5c3c2-c2ccccc2C5(C)C)C(C)(C)c2cc(N(c3ccccc3)c3ccccc3)ccc2-4)-c2ccccc2C1(C)C. The topological polar surface area (TPSA) is 6.48 Å². The van der Waals surface area contributed by atoms with E-state index in [1.54, 1.807) is 0 Å². The molecule has 72 heavy (non-hydrogen) atoms. The van der Waals surface area contributed by atoms with E-state index in [1.807, 2.05) is 0 Å². The molecule has 10 aromatic carbocycles. The molecule has 0 atom stereocenters. The normalized spacial score (nSPS) is 15.9. The third-order valence-corrected chi connectivity index (χ3v) is 17.5. The Balaban J connectivity index is 1.12. The second-order valence-corrected chi connectivity index (χ2v) is 22.8. The number of benzene rings is 10. The number of rotatable bonds is 6. The molecule has 348 valence electrons. The molecule has 0 radical (unpaired) electrons. The second-order valence-electron chi connectivity index (χ2n) is 22.8. The Bertz CT molecular complexity index is 3560. The molecule has 0 saturated carbocycles. The molecule has 0 spiro atoms. The number of anilines is 6. The fourth-order valence-electron chi connectivity index (χ4n) is 14.4. The van der Waals surface area contributed by atoms with Crippen LogP contribution in [-0.4, -0.2) is 0 Å². The number of hydrogen-bond acceptors (Lipinski definition) is 2. The average molecular weight is 927 g/mol. The molecule has 0 bridgehead atoms. The summed E-state index contributed by atoms with van der Waals surface area (Å²) in [5, 5.41) is 2.89. The van der Waals surface area contributed by atoms with Crippen LogP contribution in [-0.2, 0) is 21.7 Å². The Morgan fingerprint density at radius 2 is 0.514 bits per heavy atom. The maximum absolute atomic E-state index is 2.52. The van der Waals surface area contributed by atoms with E-state index < -0.39 is 0 Å². The Labute approximate surface area is 424 Å². The lowest BCUT2D eigenvalue weighted by Gasteiger charge is -2.46. The minimum atomic E-state index is -0.341. The molecule has 0 amide bonds. The van der Waals surface area contributed by atoms with Crippen LogP contribution in [0.4, 0.5) is 34.1 Å². The molecule has 2 heteroatoms. The van der Waals surface area contributed by atoms with Crippen molar-refractivity contribution in [2.24, 2.45) is 0 Å². The van der Waals surface area contributed by atoms with Crippen LogP contribution in [0.15, 0.2) is 206 Å². The van der Waals surface area contributed by atoms with Crippen molar-refractivity contribution in [2.75, 3.05) is 9.80 Å². The smallest absolute Gasteiger partial charge is 0.0465 e. The van der Waals surface area contributed by atoms with Crippen LogP contribution >= 0.6 is 0 Å². The zero-order chi connectivity index (χ0) is 49.1. The molecule has 0 fully saturated rings. The Kier molecular flexibility index (Phi) is 8.82. The lowest BCUT2D eigenvalue weighted by Crippen LogP contribution is -2.33. The molecule has 4 aliphatic rings. The Hall–Kier alpha value is -7.94. The van der Waals surface area contributed by atoms with Gasteiger partial charge in [-0.15, -0.1) is 0 Å². The van der Waals surface area contributed by atoms with Gasteiger partial charge in [-0.25, -0.2) is 0 Å². The van der Waals surface area contributed by atoms with E-state index in [2.05, 4.69) is 271 Å². The van der Waals surface area contributed by atoms with Crippen molar-refractivity contribution in [3.05, 3.63) is 251 Å². The quantitative estimate of drug-likeness (QED) is 0.164. The van der Waals surface area contributed by atoms with Crippen molar-refractivity contribution < 1.29 is 0 Å². The summed E-state index contributed by atoms with van der Waals surface area (Å²) >= 11 is 0. The van der Waals surface area contributed by atoms with E-state index in [0.717, 1.165) is 22.7 Å². The summed E-state index contributed by atoms with van der Waals surface area (Å²) in [7, 11) is 0. The van der Waals surface area contributed by atoms with Gasteiger partial charge >= 0.3 is 0 Å². The van der Waals surface area contributed by atoms with Crippen molar-refractivity contribution in [3.8, 4) is 44.5 Å². The Morgan fingerprint density at radius 3 is 0.847 bits per heavy atom. The molecule has 4 aliphatic carbocycles. The molecule has 2 nitrogen and oxygen atoms in total. The van der Waals surface area contributed by atoms with Gasteiger partial charge in [0.15, 0.2) is 0 Å². The third kappa shape index (κ3) is 5.56. The van der Waals surface area contributed by atoms with Crippen molar-refractivity contribution >= 4 is 44.9 Å². The summed E-state index contributed by atoms with van der Waals surface area (Å²) in [5.74, 6) is 0. The highest BCUT2D eigenvalue weighted by atomic mass is 15.1. The molecule has 0 aliphatic heterocycles. The van der Waals surface area contributed by atoms with Gasteiger partial charge < -0.3 is 9.80 Å². The number of fused-ring (bicyclic) bond motifs is 14. The lowest BCUT2D eigenvalue weighted by atomic mass is 9.57. The van der Waals surface area contributed by atoms with Crippen molar-refractivity contribution in [1.29, 1.82) is 0 Å². The van der Waals surface area contributed by atoms with Gasteiger partial charge in [-0.3, -0.25) is 0 Å². The van der Waals surface area contributed by atoms with Gasteiger partial charge in [0.1, 0.15) is 0 Å². The number of nitrogens with zero attached hydrogens (tertiary/aromatic N) is 2. The van der Waals surface area contributed by atoms with Crippen LogP contribution < -0.4 is 9.80 Å².